The summed E-state index contributed by atoms with van der Waals surface area (Å²) in [4.78, 5) is 26.7. The van der Waals surface area contributed by atoms with Gasteiger partial charge in [0, 0.05) is 35.5 Å². The average Bonchev–Trinajstić information content (AvgIpc) is 3.38. The first-order chi connectivity index (χ1) is 19.8. The number of aryl methyl sites for hydroxylation is 1. The Labute approximate surface area is 248 Å². The predicted molar refractivity (Wildman–Crippen MR) is 162 cm³/mol. The van der Waals surface area contributed by atoms with Gasteiger partial charge in [0.25, 0.3) is 15.1 Å². The van der Waals surface area contributed by atoms with Crippen molar-refractivity contribution >= 4 is 55.2 Å². The highest BCUT2D eigenvalue weighted by molar-refractivity contribution is 7.85. The Bertz CT molecular complexity index is 1810. The van der Waals surface area contributed by atoms with E-state index in [1.807, 2.05) is 62.1 Å². The van der Waals surface area contributed by atoms with Gasteiger partial charge in [-0.25, -0.2) is 0 Å². The van der Waals surface area contributed by atoms with Crippen molar-refractivity contribution in [2.24, 2.45) is 0 Å². The standard InChI is InChI=1S/C31H32N2O7S2/c1-4-32-24-9-5-6-10-25(24)41-27(32)18-21-29(36)20(30(21)37)17-26-31(2,3)22-15-19(16-28(34)35)11-12-23(22)33(26)13-7-8-14-42(38,39)40/h5-6,9-12,15,17-18H,4,7-8,13-14,16H2,1-3H3,(H2-,34,35,36,37,38,39,40)/p+1. The van der Waals surface area contributed by atoms with Crippen LogP contribution in [-0.2, 0) is 38.1 Å². The molecule has 220 valence electrons. The van der Waals surface area contributed by atoms with E-state index in [0.717, 1.165) is 32.2 Å². The fraction of sp³-hybridized carbons (Fsp3) is 0.323. The van der Waals surface area contributed by atoms with Crippen molar-refractivity contribution in [2.45, 2.75) is 52.0 Å². The quantitative estimate of drug-likeness (QED) is 0.127. The molecule has 2 aliphatic rings. The monoisotopic (exact) mass is 609 g/mol. The van der Waals surface area contributed by atoms with E-state index in [1.54, 1.807) is 29.6 Å². The zero-order chi connectivity index (χ0) is 30.4. The summed E-state index contributed by atoms with van der Waals surface area (Å²) in [6, 6.07) is 13.4. The van der Waals surface area contributed by atoms with Gasteiger partial charge in [0.15, 0.2) is 0 Å². The first-order valence-corrected chi connectivity index (χ1v) is 16.2. The maximum Gasteiger partial charge on any atom is 0.307 e. The third-order valence-corrected chi connectivity index (χ3v) is 9.76. The van der Waals surface area contributed by atoms with E-state index < -0.39 is 21.5 Å². The van der Waals surface area contributed by atoms with E-state index in [0.29, 0.717) is 25.1 Å². The second kappa shape index (κ2) is 11.1. The van der Waals surface area contributed by atoms with Gasteiger partial charge in [-0.3, -0.25) is 14.1 Å². The van der Waals surface area contributed by atoms with Crippen LogP contribution in [0, 0.1) is 0 Å². The van der Waals surface area contributed by atoms with E-state index in [2.05, 4.69) is 4.57 Å². The fourth-order valence-electron chi connectivity index (χ4n) is 5.72. The third-order valence-electron chi connectivity index (χ3n) is 7.85. The molecule has 2 heterocycles. The number of allylic oxidation sites excluding steroid dienone is 4. The Kier molecular flexibility index (Phi) is 7.86. The van der Waals surface area contributed by atoms with Crippen LogP contribution in [0.2, 0.25) is 0 Å². The third kappa shape index (κ3) is 5.51. The first kappa shape index (κ1) is 29.7. The number of rotatable bonds is 10. The number of hydrogen-bond acceptors (Lipinski definition) is 7. The number of carbonyl (C=O) groups excluding carboxylic acids is 1. The predicted octanol–water partition coefficient (Wildman–Crippen LogP) is 4.96. The number of thiazole rings is 1. The number of benzene rings is 2. The van der Waals surface area contributed by atoms with Gasteiger partial charge in [-0.2, -0.15) is 13.0 Å². The van der Waals surface area contributed by atoms with Gasteiger partial charge in [-0.15, -0.1) is 0 Å². The molecular weight excluding hydrogens is 576 g/mol. The number of aliphatic hydroxyl groups excluding tert-OH is 1. The molecule has 0 amide bonds. The minimum absolute atomic E-state index is 0.0859. The number of aliphatic carboxylic acids is 1. The van der Waals surface area contributed by atoms with E-state index in [4.69, 9.17) is 4.55 Å². The maximum atomic E-state index is 13.4. The Morgan fingerprint density at radius 3 is 2.52 bits per heavy atom. The van der Waals surface area contributed by atoms with Gasteiger partial charge < -0.3 is 15.1 Å². The zero-order valence-electron chi connectivity index (χ0n) is 23.6. The van der Waals surface area contributed by atoms with Crippen LogP contribution in [-0.4, -0.2) is 47.2 Å². The number of aliphatic hydroxyl groups is 1. The van der Waals surface area contributed by atoms with Crippen molar-refractivity contribution in [2.75, 3.05) is 17.2 Å². The molecule has 0 atom stereocenters. The number of unbranched alkanes of at least 4 members (excludes halogenated alkanes) is 1. The molecule has 0 fully saturated rings. The lowest BCUT2D eigenvalue weighted by molar-refractivity contribution is -0.665. The molecule has 1 aromatic heterocycles. The number of Topliss-reactive ketones (excluding diaryl/α,β-unsaturated/α-hetero) is 1. The largest absolute Gasteiger partial charge is 0.506 e. The van der Waals surface area contributed by atoms with E-state index >= 15 is 0 Å². The van der Waals surface area contributed by atoms with Crippen LogP contribution in [0.5, 0.6) is 0 Å². The minimum Gasteiger partial charge on any atom is -0.506 e. The summed E-state index contributed by atoms with van der Waals surface area (Å²) >= 11 is 1.55. The van der Waals surface area contributed by atoms with Crippen molar-refractivity contribution in [3.63, 3.8) is 0 Å². The minimum atomic E-state index is -4.09. The molecule has 0 unspecified atom stereocenters. The van der Waals surface area contributed by atoms with Crippen LogP contribution in [0.3, 0.4) is 0 Å². The number of nitrogens with zero attached hydrogens (tertiary/aromatic N) is 2. The normalized spacial score (nSPS) is 18.3. The maximum absolute atomic E-state index is 13.4. The van der Waals surface area contributed by atoms with E-state index in [9.17, 15) is 28.2 Å². The summed E-state index contributed by atoms with van der Waals surface area (Å²) in [7, 11) is -4.09. The number of carboxylic acids is 1. The van der Waals surface area contributed by atoms with E-state index in [-0.39, 0.29) is 41.3 Å². The number of para-hydroxylation sites is 1. The number of anilines is 1. The summed E-state index contributed by atoms with van der Waals surface area (Å²) in [5, 5.41) is 21.3. The topological polar surface area (TPSA) is 136 Å². The van der Waals surface area contributed by atoms with Gasteiger partial charge in [0.2, 0.25) is 11.3 Å². The Hall–Kier alpha value is -3.80. The summed E-state index contributed by atoms with van der Waals surface area (Å²) in [5.74, 6) is -1.66. The summed E-state index contributed by atoms with van der Waals surface area (Å²) in [6.07, 6.45) is 3.96. The van der Waals surface area contributed by atoms with Gasteiger partial charge in [-0.05, 0) is 49.1 Å². The molecule has 9 nitrogen and oxygen atoms in total. The molecule has 0 saturated heterocycles. The molecule has 0 radical (unpaired) electrons. The molecular formula is C31H33N2O7S2+. The molecule has 3 N–H and O–H groups in total. The Morgan fingerprint density at radius 1 is 1.12 bits per heavy atom. The van der Waals surface area contributed by atoms with Crippen LogP contribution in [0.4, 0.5) is 5.69 Å². The fourth-order valence-corrected chi connectivity index (χ4v) is 7.46. The Balaban J connectivity index is 1.53. The van der Waals surface area contributed by atoms with Crippen molar-refractivity contribution in [3.05, 3.63) is 87.3 Å². The molecule has 5 rings (SSSR count). The lowest BCUT2D eigenvalue weighted by Gasteiger charge is -2.29. The number of ketones is 1. The summed E-state index contributed by atoms with van der Waals surface area (Å²) in [6.45, 7) is 7.08. The van der Waals surface area contributed by atoms with Crippen LogP contribution < -0.4 is 9.47 Å². The second-order valence-electron chi connectivity index (χ2n) is 11.0. The summed E-state index contributed by atoms with van der Waals surface area (Å²) < 4.78 is 34.8. The number of carboxylic acid groups (broad SMARTS) is 1. The van der Waals surface area contributed by atoms with Gasteiger partial charge in [-0.1, -0.05) is 49.4 Å². The highest BCUT2D eigenvalue weighted by Crippen LogP contribution is 2.49. The van der Waals surface area contributed by atoms with Crippen molar-refractivity contribution in [1.29, 1.82) is 0 Å². The molecule has 1 aliphatic carbocycles. The molecule has 3 aromatic rings. The lowest BCUT2D eigenvalue weighted by Crippen LogP contribution is -2.34. The number of aromatic nitrogens is 1. The van der Waals surface area contributed by atoms with Crippen LogP contribution >= 0.6 is 11.3 Å². The lowest BCUT2D eigenvalue weighted by atomic mass is 9.80. The average molecular weight is 610 g/mol. The first-order valence-electron chi connectivity index (χ1n) is 13.7. The SMILES string of the molecule is CC[n+]1c(C=C2C(=O)C(C=C3N(CCCCS(=O)(=O)O)c4ccc(CC(=O)O)cc4C3(C)C)=C2O)sc2ccccc21. The smallest absolute Gasteiger partial charge is 0.307 e. The van der Waals surface area contributed by atoms with Crippen LogP contribution in [0.1, 0.15) is 49.7 Å². The summed E-state index contributed by atoms with van der Waals surface area (Å²) in [5.41, 5.74) is 3.92. The van der Waals surface area contributed by atoms with Crippen LogP contribution in [0.15, 0.2) is 71.1 Å². The zero-order valence-corrected chi connectivity index (χ0v) is 25.3. The van der Waals surface area contributed by atoms with Crippen molar-refractivity contribution in [1.82, 2.24) is 0 Å². The van der Waals surface area contributed by atoms with Crippen molar-refractivity contribution < 1.29 is 37.3 Å². The number of carbonyl (C=O) groups is 2. The molecule has 0 saturated carbocycles. The van der Waals surface area contributed by atoms with E-state index in [1.165, 1.54) is 0 Å². The molecule has 42 heavy (non-hydrogen) atoms. The van der Waals surface area contributed by atoms with Gasteiger partial charge >= 0.3 is 5.97 Å². The van der Waals surface area contributed by atoms with Gasteiger partial charge in [0.1, 0.15) is 17.0 Å². The molecule has 0 spiro atoms. The van der Waals surface area contributed by atoms with Crippen LogP contribution in [0.25, 0.3) is 16.3 Å². The molecule has 1 aliphatic heterocycles. The highest BCUT2D eigenvalue weighted by Gasteiger charge is 2.42. The Morgan fingerprint density at radius 2 is 1.86 bits per heavy atom. The number of hydrogen-bond donors (Lipinski definition) is 3. The second-order valence-corrected chi connectivity index (χ2v) is 13.7. The van der Waals surface area contributed by atoms with Gasteiger partial charge in [0.05, 0.1) is 23.3 Å². The molecule has 2 aromatic carbocycles. The highest BCUT2D eigenvalue weighted by atomic mass is 32.2. The molecule has 11 heteroatoms. The van der Waals surface area contributed by atoms with Crippen molar-refractivity contribution in [3.8, 4) is 0 Å². The number of fused-ring (bicyclic) bond motifs is 2. The molecule has 0 bridgehead atoms.